The lowest BCUT2D eigenvalue weighted by Gasteiger charge is -2.12. The summed E-state index contributed by atoms with van der Waals surface area (Å²) in [6.07, 6.45) is 1.58. The molecule has 7 heteroatoms. The number of amides is 1. The van der Waals surface area contributed by atoms with E-state index in [-0.39, 0.29) is 17.2 Å². The van der Waals surface area contributed by atoms with Crippen LogP contribution in [0.4, 0.5) is 0 Å². The average Bonchev–Trinajstić information content (AvgIpc) is 2.79. The molecule has 0 bridgehead atoms. The number of rotatable bonds is 6. The third-order valence-electron chi connectivity index (χ3n) is 4.29. The Bertz CT molecular complexity index is 1250. The fraction of sp³-hybridized carbons (Fsp3) is 0.0435. The standard InChI is InChI=1S/C23H18N4O2S/c28-21(26-24-15-17-9-3-1-4-10-17)16-30-23-25-20-14-8-7-13-19(20)22(29)27(23)18-11-5-2-6-12-18/h1-15H,16H2,(H,26,28)/b24-15+. The monoisotopic (exact) mass is 414 g/mol. The molecule has 0 saturated carbocycles. The van der Waals surface area contributed by atoms with Crippen molar-refractivity contribution in [1.29, 1.82) is 0 Å². The number of carbonyl (C=O) groups is 1. The molecule has 148 valence electrons. The summed E-state index contributed by atoms with van der Waals surface area (Å²) in [4.78, 5) is 30.0. The minimum absolute atomic E-state index is 0.0732. The lowest BCUT2D eigenvalue weighted by Crippen LogP contribution is -2.24. The second-order valence-corrected chi connectivity index (χ2v) is 7.32. The maximum absolute atomic E-state index is 13.1. The van der Waals surface area contributed by atoms with E-state index in [1.807, 2.05) is 72.8 Å². The molecule has 3 aromatic carbocycles. The highest BCUT2D eigenvalue weighted by Gasteiger charge is 2.14. The van der Waals surface area contributed by atoms with Crippen molar-refractivity contribution >= 4 is 34.8 Å². The van der Waals surface area contributed by atoms with Crippen LogP contribution in [0.5, 0.6) is 0 Å². The summed E-state index contributed by atoms with van der Waals surface area (Å²) < 4.78 is 1.54. The average molecular weight is 414 g/mol. The zero-order valence-corrected chi connectivity index (χ0v) is 16.8. The zero-order chi connectivity index (χ0) is 20.8. The van der Waals surface area contributed by atoms with Gasteiger partial charge in [0.05, 0.1) is 28.6 Å². The Hall–Kier alpha value is -3.71. The molecule has 1 N–H and O–H groups in total. The van der Waals surface area contributed by atoms with Gasteiger partial charge >= 0.3 is 0 Å². The van der Waals surface area contributed by atoms with Crippen LogP contribution in [0.2, 0.25) is 0 Å². The van der Waals surface area contributed by atoms with E-state index in [2.05, 4.69) is 15.5 Å². The Balaban J connectivity index is 1.57. The molecule has 30 heavy (non-hydrogen) atoms. The number of benzene rings is 3. The van der Waals surface area contributed by atoms with Crippen LogP contribution >= 0.6 is 11.8 Å². The number of hydrogen-bond donors (Lipinski definition) is 1. The second kappa shape index (κ2) is 9.19. The first-order valence-electron chi connectivity index (χ1n) is 9.29. The third-order valence-corrected chi connectivity index (χ3v) is 5.23. The zero-order valence-electron chi connectivity index (χ0n) is 15.9. The molecule has 0 aliphatic rings. The van der Waals surface area contributed by atoms with E-state index < -0.39 is 0 Å². The van der Waals surface area contributed by atoms with Crippen LogP contribution in [0.15, 0.2) is 100.0 Å². The van der Waals surface area contributed by atoms with Crippen molar-refractivity contribution in [2.24, 2.45) is 5.10 Å². The predicted molar refractivity (Wildman–Crippen MR) is 120 cm³/mol. The number of fused-ring (bicyclic) bond motifs is 1. The van der Waals surface area contributed by atoms with Gasteiger partial charge in [-0.1, -0.05) is 72.4 Å². The molecule has 1 heterocycles. The Morgan fingerprint density at radius 1 is 0.967 bits per heavy atom. The molecule has 0 spiro atoms. The predicted octanol–water partition coefficient (Wildman–Crippen LogP) is 3.63. The number of para-hydroxylation sites is 2. The molecule has 1 aromatic heterocycles. The van der Waals surface area contributed by atoms with Gasteiger partial charge in [0.2, 0.25) is 0 Å². The van der Waals surface area contributed by atoms with Crippen LogP contribution in [-0.4, -0.2) is 27.4 Å². The molecule has 0 aliphatic carbocycles. The summed E-state index contributed by atoms with van der Waals surface area (Å²) in [7, 11) is 0. The van der Waals surface area contributed by atoms with E-state index in [9.17, 15) is 9.59 Å². The lowest BCUT2D eigenvalue weighted by atomic mass is 10.2. The van der Waals surface area contributed by atoms with Gasteiger partial charge in [0.25, 0.3) is 11.5 Å². The molecule has 0 aliphatic heterocycles. The number of nitrogens with one attached hydrogen (secondary N) is 1. The Labute approximate surface area is 177 Å². The van der Waals surface area contributed by atoms with Crippen LogP contribution in [0.3, 0.4) is 0 Å². The maximum atomic E-state index is 13.1. The molecular formula is C23H18N4O2S. The molecule has 0 fully saturated rings. The molecule has 4 rings (SSSR count). The van der Waals surface area contributed by atoms with E-state index in [0.717, 1.165) is 5.56 Å². The highest BCUT2D eigenvalue weighted by molar-refractivity contribution is 7.99. The summed E-state index contributed by atoms with van der Waals surface area (Å²) >= 11 is 1.19. The number of carbonyl (C=O) groups excluding carboxylic acids is 1. The summed E-state index contributed by atoms with van der Waals surface area (Å²) in [5.41, 5.74) is 4.52. The van der Waals surface area contributed by atoms with Gasteiger partial charge in [0.15, 0.2) is 5.16 Å². The highest BCUT2D eigenvalue weighted by Crippen LogP contribution is 2.21. The highest BCUT2D eigenvalue weighted by atomic mass is 32.2. The second-order valence-electron chi connectivity index (χ2n) is 6.38. The largest absolute Gasteiger partial charge is 0.272 e. The number of aromatic nitrogens is 2. The Kier molecular flexibility index (Phi) is 6.01. The Morgan fingerprint density at radius 3 is 2.40 bits per heavy atom. The van der Waals surface area contributed by atoms with E-state index in [1.165, 1.54) is 16.3 Å². The molecule has 1 amide bonds. The molecule has 0 atom stereocenters. The van der Waals surface area contributed by atoms with Crippen LogP contribution in [-0.2, 0) is 4.79 Å². The Morgan fingerprint density at radius 2 is 1.63 bits per heavy atom. The summed E-state index contributed by atoms with van der Waals surface area (Å²) in [6, 6.07) is 26.0. The van der Waals surface area contributed by atoms with Crippen molar-refractivity contribution in [3.63, 3.8) is 0 Å². The normalized spacial score (nSPS) is 11.1. The maximum Gasteiger partial charge on any atom is 0.266 e. The van der Waals surface area contributed by atoms with Gasteiger partial charge in [0.1, 0.15) is 0 Å². The van der Waals surface area contributed by atoms with E-state index in [0.29, 0.717) is 21.7 Å². The van der Waals surface area contributed by atoms with E-state index >= 15 is 0 Å². The van der Waals surface area contributed by atoms with E-state index in [1.54, 1.807) is 18.3 Å². The summed E-state index contributed by atoms with van der Waals surface area (Å²) in [5, 5.41) is 4.96. The van der Waals surface area contributed by atoms with Crippen molar-refractivity contribution < 1.29 is 4.79 Å². The number of hydrogen-bond acceptors (Lipinski definition) is 5. The quantitative estimate of drug-likeness (QED) is 0.226. The smallest absolute Gasteiger partial charge is 0.266 e. The fourth-order valence-electron chi connectivity index (χ4n) is 2.89. The van der Waals surface area contributed by atoms with Gasteiger partial charge in [-0.05, 0) is 29.8 Å². The van der Waals surface area contributed by atoms with Crippen molar-refractivity contribution in [3.05, 3.63) is 101 Å². The van der Waals surface area contributed by atoms with E-state index in [4.69, 9.17) is 0 Å². The van der Waals surface area contributed by atoms with Gasteiger partial charge < -0.3 is 0 Å². The fourth-order valence-corrected chi connectivity index (χ4v) is 3.70. The topological polar surface area (TPSA) is 76.3 Å². The van der Waals surface area contributed by atoms with Gasteiger partial charge in [-0.3, -0.25) is 14.2 Å². The van der Waals surface area contributed by atoms with Gasteiger partial charge in [-0.15, -0.1) is 0 Å². The molecule has 4 aromatic rings. The van der Waals surface area contributed by atoms with Crippen LogP contribution in [0.1, 0.15) is 5.56 Å². The van der Waals surface area contributed by atoms with Crippen LogP contribution in [0, 0.1) is 0 Å². The van der Waals surface area contributed by atoms with Crippen LogP contribution < -0.4 is 11.0 Å². The van der Waals surface area contributed by atoms with Crippen molar-refractivity contribution in [3.8, 4) is 5.69 Å². The first-order chi connectivity index (χ1) is 14.7. The number of thioether (sulfide) groups is 1. The molecular weight excluding hydrogens is 396 g/mol. The van der Waals surface area contributed by atoms with Crippen molar-refractivity contribution in [1.82, 2.24) is 15.0 Å². The number of nitrogens with zero attached hydrogens (tertiary/aromatic N) is 3. The van der Waals surface area contributed by atoms with Gasteiger partial charge in [0, 0.05) is 0 Å². The van der Waals surface area contributed by atoms with Gasteiger partial charge in [-0.25, -0.2) is 10.4 Å². The molecule has 0 radical (unpaired) electrons. The van der Waals surface area contributed by atoms with Crippen LogP contribution in [0.25, 0.3) is 16.6 Å². The summed E-state index contributed by atoms with van der Waals surface area (Å²) in [6.45, 7) is 0. The molecule has 0 saturated heterocycles. The minimum Gasteiger partial charge on any atom is -0.272 e. The SMILES string of the molecule is O=C(CSc1nc2ccccc2c(=O)n1-c1ccccc1)N/N=C/c1ccccc1. The third kappa shape index (κ3) is 4.47. The summed E-state index contributed by atoms with van der Waals surface area (Å²) in [5.74, 6) is -0.210. The molecule has 0 unspecified atom stereocenters. The van der Waals surface area contributed by atoms with Gasteiger partial charge in [-0.2, -0.15) is 5.10 Å². The number of hydrazone groups is 1. The first kappa shape index (κ1) is 19.6. The van der Waals surface area contributed by atoms with Crippen molar-refractivity contribution in [2.45, 2.75) is 5.16 Å². The first-order valence-corrected chi connectivity index (χ1v) is 10.3. The minimum atomic E-state index is -0.283. The molecule has 6 nitrogen and oxygen atoms in total. The van der Waals surface area contributed by atoms with Crippen molar-refractivity contribution in [2.75, 3.05) is 5.75 Å². The lowest BCUT2D eigenvalue weighted by molar-refractivity contribution is -0.118.